The fraction of sp³-hybridized carbons (Fsp3) is 0.211. The van der Waals surface area contributed by atoms with Crippen molar-refractivity contribution in [2.75, 3.05) is 12.4 Å². The number of hydrogen-bond donors (Lipinski definition) is 1. The fourth-order valence-corrected chi connectivity index (χ4v) is 3.89. The first kappa shape index (κ1) is 18.9. The predicted molar refractivity (Wildman–Crippen MR) is 115 cm³/mol. The van der Waals surface area contributed by atoms with E-state index < -0.39 is 5.25 Å². The first-order valence-electron chi connectivity index (χ1n) is 8.07. The molecule has 26 heavy (non-hydrogen) atoms. The van der Waals surface area contributed by atoms with Gasteiger partial charge in [0.2, 0.25) is 11.8 Å². The van der Waals surface area contributed by atoms with E-state index in [9.17, 15) is 9.59 Å². The van der Waals surface area contributed by atoms with Crippen LogP contribution in [0.4, 0.5) is 11.4 Å². The Morgan fingerprint density at radius 2 is 2.00 bits per heavy atom. The Morgan fingerprint density at radius 1 is 1.27 bits per heavy atom. The summed E-state index contributed by atoms with van der Waals surface area (Å²) in [6.45, 7) is 1.97. The van der Waals surface area contributed by atoms with Crippen LogP contribution < -0.4 is 5.32 Å². The Morgan fingerprint density at radius 3 is 2.69 bits per heavy atom. The summed E-state index contributed by atoms with van der Waals surface area (Å²) in [5.41, 5.74) is 2.56. The van der Waals surface area contributed by atoms with Crippen LogP contribution in [0.3, 0.4) is 0 Å². The summed E-state index contributed by atoms with van der Waals surface area (Å²) in [6, 6.07) is 15.3. The lowest BCUT2D eigenvalue weighted by molar-refractivity contribution is -0.128. The third kappa shape index (κ3) is 4.64. The van der Waals surface area contributed by atoms with E-state index in [4.69, 9.17) is 0 Å². The van der Waals surface area contributed by atoms with Crippen molar-refractivity contribution in [3.05, 3.63) is 57.7 Å². The number of nitrogens with zero attached hydrogens (tertiary/aromatic N) is 2. The van der Waals surface area contributed by atoms with Gasteiger partial charge in [0.05, 0.1) is 5.69 Å². The maximum Gasteiger partial charge on any atom is 0.238 e. The summed E-state index contributed by atoms with van der Waals surface area (Å²) in [7, 11) is 1.69. The summed E-state index contributed by atoms with van der Waals surface area (Å²) < 4.78 is 1.11. The number of hydrogen-bond acceptors (Lipinski definition) is 4. The van der Waals surface area contributed by atoms with Crippen LogP contribution in [0.2, 0.25) is 0 Å². The molecule has 1 heterocycles. The SMILES string of the molecule is Cc1cccc(NC(=O)[C@@H]2CC(=O)N(C)C(=Nc3ccc(I)cc3)S2)c1. The molecule has 1 aliphatic heterocycles. The molecule has 2 aromatic rings. The van der Waals surface area contributed by atoms with Gasteiger partial charge in [0.1, 0.15) is 5.25 Å². The molecule has 0 unspecified atom stereocenters. The number of halogens is 1. The first-order valence-corrected chi connectivity index (χ1v) is 10.0. The number of amidine groups is 1. The largest absolute Gasteiger partial charge is 0.325 e. The summed E-state index contributed by atoms with van der Waals surface area (Å²) in [4.78, 5) is 31.0. The Hall–Kier alpha value is -1.87. The number of amides is 2. The molecule has 2 amide bonds. The highest BCUT2D eigenvalue weighted by atomic mass is 127. The highest BCUT2D eigenvalue weighted by Gasteiger charge is 2.34. The van der Waals surface area contributed by atoms with Gasteiger partial charge in [-0.3, -0.25) is 14.5 Å². The van der Waals surface area contributed by atoms with E-state index in [-0.39, 0.29) is 18.2 Å². The topological polar surface area (TPSA) is 61.8 Å². The third-order valence-corrected chi connectivity index (χ3v) is 5.86. The Labute approximate surface area is 170 Å². The number of rotatable bonds is 3. The van der Waals surface area contributed by atoms with Crippen molar-refractivity contribution >= 4 is 62.7 Å². The van der Waals surface area contributed by atoms with Crippen LogP contribution in [0, 0.1) is 10.5 Å². The van der Waals surface area contributed by atoms with E-state index in [0.29, 0.717) is 5.17 Å². The fourth-order valence-electron chi connectivity index (χ4n) is 2.47. The molecule has 5 nitrogen and oxygen atoms in total. The minimum Gasteiger partial charge on any atom is -0.325 e. The molecule has 0 aromatic heterocycles. The molecule has 1 saturated heterocycles. The van der Waals surface area contributed by atoms with Crippen LogP contribution in [0.25, 0.3) is 0 Å². The molecular formula is C19H18IN3O2S. The number of aryl methyl sites for hydroxylation is 1. The molecular weight excluding hydrogens is 461 g/mol. The smallest absolute Gasteiger partial charge is 0.238 e. The van der Waals surface area contributed by atoms with Gasteiger partial charge in [0.15, 0.2) is 5.17 Å². The van der Waals surface area contributed by atoms with Crippen LogP contribution >= 0.6 is 34.4 Å². The molecule has 2 aromatic carbocycles. The zero-order chi connectivity index (χ0) is 18.7. The first-order chi connectivity index (χ1) is 12.4. The van der Waals surface area contributed by atoms with Crippen molar-refractivity contribution < 1.29 is 9.59 Å². The lowest BCUT2D eigenvalue weighted by Gasteiger charge is -2.28. The standard InChI is InChI=1S/C19H18IN3O2S/c1-12-4-3-5-15(10-12)21-18(25)16-11-17(24)23(2)19(26-16)22-14-8-6-13(20)7-9-14/h3-10,16H,11H2,1-2H3,(H,21,25)/t16-/m0/s1. The van der Waals surface area contributed by atoms with Crippen LogP contribution in [-0.4, -0.2) is 34.2 Å². The molecule has 0 aliphatic carbocycles. The summed E-state index contributed by atoms with van der Waals surface area (Å²) >= 11 is 3.54. The molecule has 1 fully saturated rings. The van der Waals surface area contributed by atoms with E-state index in [0.717, 1.165) is 20.5 Å². The van der Waals surface area contributed by atoms with Gasteiger partial charge in [-0.2, -0.15) is 0 Å². The average molecular weight is 479 g/mol. The maximum atomic E-state index is 12.6. The zero-order valence-corrected chi connectivity index (χ0v) is 17.4. The number of carbonyl (C=O) groups excluding carboxylic acids is 2. The van der Waals surface area contributed by atoms with Gasteiger partial charge >= 0.3 is 0 Å². The molecule has 1 atom stereocenters. The van der Waals surface area contributed by atoms with Crippen molar-refractivity contribution in [2.45, 2.75) is 18.6 Å². The van der Waals surface area contributed by atoms with E-state index in [1.807, 2.05) is 55.5 Å². The summed E-state index contributed by atoms with van der Waals surface area (Å²) in [5, 5.41) is 2.93. The predicted octanol–water partition coefficient (Wildman–Crippen LogP) is 4.19. The van der Waals surface area contributed by atoms with Crippen LogP contribution in [0.5, 0.6) is 0 Å². The van der Waals surface area contributed by atoms with E-state index >= 15 is 0 Å². The number of benzene rings is 2. The molecule has 134 valence electrons. The Kier molecular flexibility index (Phi) is 5.98. The summed E-state index contributed by atoms with van der Waals surface area (Å²) in [6.07, 6.45) is 0.157. The van der Waals surface area contributed by atoms with Crippen LogP contribution in [0.15, 0.2) is 53.5 Å². The highest BCUT2D eigenvalue weighted by Crippen LogP contribution is 2.29. The van der Waals surface area contributed by atoms with E-state index in [1.165, 1.54) is 16.7 Å². The normalized spacial score (nSPS) is 18.9. The van der Waals surface area contributed by atoms with Gasteiger partial charge in [-0.05, 0) is 71.5 Å². The summed E-state index contributed by atoms with van der Waals surface area (Å²) in [5.74, 6) is -0.297. The number of anilines is 1. The Balaban J connectivity index is 1.77. The van der Waals surface area contributed by atoms with Gasteiger partial charge in [-0.25, -0.2) is 4.99 Å². The molecule has 0 bridgehead atoms. The second kappa shape index (κ2) is 8.22. The number of aliphatic imine (C=N–C) groups is 1. The third-order valence-electron chi connectivity index (χ3n) is 3.90. The van der Waals surface area contributed by atoms with Crippen molar-refractivity contribution in [3.8, 4) is 0 Å². The van der Waals surface area contributed by atoms with Crippen molar-refractivity contribution in [3.63, 3.8) is 0 Å². The minimum absolute atomic E-state index is 0.114. The van der Waals surface area contributed by atoms with E-state index in [1.54, 1.807) is 7.05 Å². The highest BCUT2D eigenvalue weighted by molar-refractivity contribution is 14.1. The van der Waals surface area contributed by atoms with Crippen LogP contribution in [-0.2, 0) is 9.59 Å². The van der Waals surface area contributed by atoms with Gasteiger partial charge in [-0.1, -0.05) is 23.9 Å². The number of thioether (sulfide) groups is 1. The average Bonchev–Trinajstić information content (AvgIpc) is 2.60. The zero-order valence-electron chi connectivity index (χ0n) is 14.4. The van der Waals surface area contributed by atoms with Gasteiger partial charge in [0.25, 0.3) is 0 Å². The van der Waals surface area contributed by atoms with Crippen molar-refractivity contribution in [2.24, 2.45) is 4.99 Å². The number of nitrogens with one attached hydrogen (secondary N) is 1. The molecule has 1 aliphatic rings. The maximum absolute atomic E-state index is 12.6. The second-order valence-corrected chi connectivity index (χ2v) is 8.41. The minimum atomic E-state index is -0.498. The van der Waals surface area contributed by atoms with E-state index in [2.05, 4.69) is 32.9 Å². The lowest BCUT2D eigenvalue weighted by atomic mass is 10.2. The molecule has 7 heteroatoms. The van der Waals surface area contributed by atoms with Gasteiger partial charge < -0.3 is 5.32 Å². The quantitative estimate of drug-likeness (QED) is 0.672. The molecule has 0 saturated carbocycles. The van der Waals surface area contributed by atoms with Crippen molar-refractivity contribution in [1.82, 2.24) is 4.90 Å². The van der Waals surface area contributed by atoms with Gasteiger partial charge in [-0.15, -0.1) is 0 Å². The number of carbonyl (C=O) groups is 2. The molecule has 3 rings (SSSR count). The molecule has 1 N–H and O–H groups in total. The lowest BCUT2D eigenvalue weighted by Crippen LogP contribution is -2.43. The Bertz CT molecular complexity index is 867. The van der Waals surface area contributed by atoms with Gasteiger partial charge in [0, 0.05) is 22.7 Å². The van der Waals surface area contributed by atoms with Crippen LogP contribution in [0.1, 0.15) is 12.0 Å². The monoisotopic (exact) mass is 479 g/mol. The second-order valence-electron chi connectivity index (χ2n) is 5.99. The molecule has 0 spiro atoms. The molecule has 0 radical (unpaired) electrons. The van der Waals surface area contributed by atoms with Crippen molar-refractivity contribution in [1.29, 1.82) is 0 Å².